The lowest BCUT2D eigenvalue weighted by Crippen LogP contribution is -2.48. The summed E-state index contributed by atoms with van der Waals surface area (Å²) >= 11 is 3.29. The number of nitro benzene ring substituents is 1. The number of amides is 2. The molecule has 0 radical (unpaired) electrons. The van der Waals surface area contributed by atoms with Crippen molar-refractivity contribution in [3.05, 3.63) is 68.2 Å². The van der Waals surface area contributed by atoms with Gasteiger partial charge in [0.05, 0.1) is 11.1 Å². The molecular formula is C19H18BrN4O5-. The number of carbonyl (C=O) groups is 2. The van der Waals surface area contributed by atoms with Gasteiger partial charge in [-0.1, -0.05) is 41.6 Å². The minimum absolute atomic E-state index is 0.0421. The molecule has 0 unspecified atom stereocenters. The van der Waals surface area contributed by atoms with Crippen molar-refractivity contribution in [1.29, 1.82) is 0 Å². The van der Waals surface area contributed by atoms with Crippen LogP contribution in [0.1, 0.15) is 29.8 Å². The van der Waals surface area contributed by atoms with E-state index in [4.69, 9.17) is 0 Å². The molecule has 1 atom stereocenters. The highest BCUT2D eigenvalue weighted by Gasteiger charge is 2.24. The maximum Gasteiger partial charge on any atom is 0.270 e. The summed E-state index contributed by atoms with van der Waals surface area (Å²) in [7, 11) is 0. The molecule has 0 aliphatic rings. The van der Waals surface area contributed by atoms with E-state index in [-0.39, 0.29) is 17.2 Å². The third-order valence-corrected chi connectivity index (χ3v) is 4.45. The Bertz CT molecular complexity index is 944. The van der Waals surface area contributed by atoms with Gasteiger partial charge in [-0.3, -0.25) is 19.7 Å². The third kappa shape index (κ3) is 6.11. The van der Waals surface area contributed by atoms with Crippen LogP contribution in [-0.4, -0.2) is 29.0 Å². The standard InChI is InChI=1S/C19H19BrN4O5/c1-11(2)17(22-18(26)12-3-5-14(20)6-4-12)19(27)23-21-10-13-9-15(24(28)29)7-8-16(13)25/h3-11,17,25H,1-2H3,(H,22,26)(H,23,27)/p-1/b21-10-/t17-/m0/s1. The molecule has 0 heterocycles. The van der Waals surface area contributed by atoms with E-state index in [9.17, 15) is 24.8 Å². The molecule has 2 N–H and O–H groups in total. The highest BCUT2D eigenvalue weighted by Crippen LogP contribution is 2.19. The van der Waals surface area contributed by atoms with Crippen molar-refractivity contribution in [3.63, 3.8) is 0 Å². The van der Waals surface area contributed by atoms with Gasteiger partial charge in [-0.05, 0) is 35.7 Å². The first-order valence-electron chi connectivity index (χ1n) is 8.54. The lowest BCUT2D eigenvalue weighted by molar-refractivity contribution is -0.385. The number of benzene rings is 2. The van der Waals surface area contributed by atoms with Crippen LogP contribution in [0.2, 0.25) is 0 Å². The number of nitro groups is 1. The van der Waals surface area contributed by atoms with Gasteiger partial charge in [0.2, 0.25) is 0 Å². The number of rotatable bonds is 7. The van der Waals surface area contributed by atoms with Crippen molar-refractivity contribution in [2.24, 2.45) is 11.0 Å². The number of hydrogen-bond acceptors (Lipinski definition) is 6. The van der Waals surface area contributed by atoms with Gasteiger partial charge in [-0.2, -0.15) is 5.10 Å². The van der Waals surface area contributed by atoms with E-state index >= 15 is 0 Å². The predicted molar refractivity (Wildman–Crippen MR) is 109 cm³/mol. The lowest BCUT2D eigenvalue weighted by Gasteiger charge is -2.20. The van der Waals surface area contributed by atoms with Crippen molar-refractivity contribution >= 4 is 39.6 Å². The molecule has 0 saturated heterocycles. The molecule has 29 heavy (non-hydrogen) atoms. The van der Waals surface area contributed by atoms with Gasteiger partial charge in [-0.15, -0.1) is 0 Å². The summed E-state index contributed by atoms with van der Waals surface area (Å²) in [5.74, 6) is -1.72. The van der Waals surface area contributed by atoms with Crippen LogP contribution in [0.25, 0.3) is 0 Å². The van der Waals surface area contributed by atoms with Crippen LogP contribution in [0.15, 0.2) is 52.0 Å². The number of hydrazone groups is 1. The second-order valence-electron chi connectivity index (χ2n) is 6.42. The second kappa shape index (κ2) is 9.78. The molecule has 0 spiro atoms. The van der Waals surface area contributed by atoms with Crippen molar-refractivity contribution < 1.29 is 19.6 Å². The Balaban J connectivity index is 2.07. The van der Waals surface area contributed by atoms with Crippen molar-refractivity contribution in [3.8, 4) is 5.75 Å². The molecule has 10 heteroatoms. The zero-order valence-corrected chi connectivity index (χ0v) is 17.2. The molecule has 0 aliphatic carbocycles. The van der Waals surface area contributed by atoms with E-state index in [1.54, 1.807) is 38.1 Å². The largest absolute Gasteiger partial charge is 0.872 e. The average molecular weight is 462 g/mol. The first-order valence-corrected chi connectivity index (χ1v) is 9.33. The molecule has 9 nitrogen and oxygen atoms in total. The zero-order chi connectivity index (χ0) is 21.6. The van der Waals surface area contributed by atoms with Crippen LogP contribution in [0, 0.1) is 16.0 Å². The molecule has 0 fully saturated rings. The molecule has 2 rings (SSSR count). The van der Waals surface area contributed by atoms with Crippen LogP contribution < -0.4 is 15.8 Å². The maximum absolute atomic E-state index is 12.4. The molecule has 152 valence electrons. The van der Waals surface area contributed by atoms with Crippen LogP contribution >= 0.6 is 15.9 Å². The molecule has 2 amide bonds. The van der Waals surface area contributed by atoms with Gasteiger partial charge < -0.3 is 10.4 Å². The van der Waals surface area contributed by atoms with E-state index in [2.05, 4.69) is 31.8 Å². The quantitative estimate of drug-likeness (QED) is 0.370. The fourth-order valence-corrected chi connectivity index (χ4v) is 2.61. The Morgan fingerprint density at radius 3 is 2.41 bits per heavy atom. The Kier molecular flexibility index (Phi) is 7.43. The van der Waals surface area contributed by atoms with E-state index < -0.39 is 28.5 Å². The summed E-state index contributed by atoms with van der Waals surface area (Å²) in [6.07, 6.45) is 1.03. The van der Waals surface area contributed by atoms with E-state index in [1.165, 1.54) is 0 Å². The fourth-order valence-electron chi connectivity index (χ4n) is 2.35. The molecular weight excluding hydrogens is 444 g/mol. The van der Waals surface area contributed by atoms with Crippen molar-refractivity contribution in [2.45, 2.75) is 19.9 Å². The summed E-state index contributed by atoms with van der Waals surface area (Å²) in [6, 6.07) is 8.98. The molecule has 0 aromatic heterocycles. The van der Waals surface area contributed by atoms with Crippen molar-refractivity contribution in [1.82, 2.24) is 10.7 Å². The molecule has 2 aromatic rings. The Labute approximate surface area is 175 Å². The van der Waals surface area contributed by atoms with Crippen molar-refractivity contribution in [2.75, 3.05) is 0 Å². The van der Waals surface area contributed by atoms with Gasteiger partial charge in [-0.25, -0.2) is 5.43 Å². The topological polar surface area (TPSA) is 137 Å². The molecule has 0 aliphatic heterocycles. The number of hydrogen-bond donors (Lipinski definition) is 2. The third-order valence-electron chi connectivity index (χ3n) is 3.92. The number of halogens is 1. The van der Waals surface area contributed by atoms with Gasteiger partial charge >= 0.3 is 0 Å². The van der Waals surface area contributed by atoms with E-state index in [0.29, 0.717) is 5.56 Å². The average Bonchev–Trinajstić information content (AvgIpc) is 2.67. The first kappa shape index (κ1) is 22.0. The van der Waals surface area contributed by atoms with Crippen LogP contribution in [0.4, 0.5) is 5.69 Å². The summed E-state index contributed by atoms with van der Waals surface area (Å²) in [5, 5.41) is 28.9. The SMILES string of the molecule is CC(C)[C@H](NC(=O)c1ccc(Br)cc1)C(=O)N/N=C\c1cc([N+](=O)[O-])ccc1[O-]. The van der Waals surface area contributed by atoms with Gasteiger partial charge in [0.25, 0.3) is 17.5 Å². The monoisotopic (exact) mass is 461 g/mol. The van der Waals surface area contributed by atoms with E-state index in [0.717, 1.165) is 28.9 Å². The Hall–Kier alpha value is -3.27. The predicted octanol–water partition coefficient (Wildman–Crippen LogP) is 2.34. The van der Waals surface area contributed by atoms with Gasteiger partial charge in [0.15, 0.2) is 0 Å². The molecule has 0 saturated carbocycles. The number of nitrogens with one attached hydrogen (secondary N) is 2. The summed E-state index contributed by atoms with van der Waals surface area (Å²) in [5.41, 5.74) is 2.34. The second-order valence-corrected chi connectivity index (χ2v) is 7.33. The van der Waals surface area contributed by atoms with Crippen LogP contribution in [0.3, 0.4) is 0 Å². The minimum Gasteiger partial charge on any atom is -0.872 e. The highest BCUT2D eigenvalue weighted by atomic mass is 79.9. The minimum atomic E-state index is -0.875. The summed E-state index contributed by atoms with van der Waals surface area (Å²) < 4.78 is 0.820. The van der Waals surface area contributed by atoms with Crippen LogP contribution in [0.5, 0.6) is 5.75 Å². The van der Waals surface area contributed by atoms with E-state index in [1.807, 2.05) is 0 Å². The smallest absolute Gasteiger partial charge is 0.270 e. The lowest BCUT2D eigenvalue weighted by atomic mass is 10.0. The molecule has 2 aromatic carbocycles. The van der Waals surface area contributed by atoms with Gasteiger partial charge in [0, 0.05) is 22.2 Å². The Morgan fingerprint density at radius 2 is 1.83 bits per heavy atom. The number of non-ortho nitro benzene ring substituents is 1. The van der Waals surface area contributed by atoms with Crippen LogP contribution in [-0.2, 0) is 4.79 Å². The summed E-state index contributed by atoms with van der Waals surface area (Å²) in [6.45, 7) is 3.51. The normalized spacial score (nSPS) is 12.0. The number of nitrogens with zero attached hydrogens (tertiary/aromatic N) is 2. The maximum atomic E-state index is 12.4. The van der Waals surface area contributed by atoms with Gasteiger partial charge in [0.1, 0.15) is 6.04 Å². The molecule has 0 bridgehead atoms. The number of carbonyl (C=O) groups excluding carboxylic acids is 2. The first-order chi connectivity index (χ1) is 13.7. The summed E-state index contributed by atoms with van der Waals surface area (Å²) in [4.78, 5) is 34.9. The highest BCUT2D eigenvalue weighted by molar-refractivity contribution is 9.10. The fraction of sp³-hybridized carbons (Fsp3) is 0.211. The Morgan fingerprint density at radius 1 is 1.17 bits per heavy atom. The zero-order valence-electron chi connectivity index (χ0n) is 15.6.